The molecule has 1 unspecified atom stereocenters. The number of hydrogen-bond donors (Lipinski definition) is 1. The maximum Gasteiger partial charge on any atom is 0.107 e. The molecule has 0 amide bonds. The summed E-state index contributed by atoms with van der Waals surface area (Å²) in [7, 11) is 2.08. The molecule has 0 fully saturated rings. The van der Waals surface area contributed by atoms with Gasteiger partial charge in [-0.3, -0.25) is 4.98 Å². The van der Waals surface area contributed by atoms with Crippen LogP contribution < -0.4 is 10.6 Å². The van der Waals surface area contributed by atoms with E-state index in [0.29, 0.717) is 11.0 Å². The Morgan fingerprint density at radius 1 is 1.56 bits per heavy atom. The third kappa shape index (κ3) is 3.36. The van der Waals surface area contributed by atoms with Gasteiger partial charge in [0.05, 0.1) is 11.3 Å². The molecule has 0 saturated heterocycles. The van der Waals surface area contributed by atoms with Gasteiger partial charge in [-0.15, -0.1) is 0 Å². The molecule has 0 aliphatic rings. The van der Waals surface area contributed by atoms with Crippen molar-refractivity contribution in [3.05, 3.63) is 23.0 Å². The second-order valence-corrected chi connectivity index (χ2v) is 5.87. The zero-order valence-electron chi connectivity index (χ0n) is 11.7. The molecule has 0 aromatic carbocycles. The predicted molar refractivity (Wildman–Crippen MR) is 85.8 cm³/mol. The molecule has 0 saturated carbocycles. The van der Waals surface area contributed by atoms with E-state index >= 15 is 0 Å². The van der Waals surface area contributed by atoms with Crippen molar-refractivity contribution in [3.63, 3.8) is 0 Å². The standard InChI is InChI=1S/C13H21N3S2/c1-8-6-11(16(4)9(2)7-18-5)12(13(14)17)10(3)15-8/h6,9H,7H2,1-5H3,(H2,14,17). The highest BCUT2D eigenvalue weighted by atomic mass is 32.2. The molecule has 0 radical (unpaired) electrons. The van der Waals surface area contributed by atoms with E-state index in [1.54, 1.807) is 0 Å². The summed E-state index contributed by atoms with van der Waals surface area (Å²) >= 11 is 6.99. The molecule has 2 N–H and O–H groups in total. The number of nitrogens with two attached hydrogens (primary N) is 1. The minimum atomic E-state index is 0.415. The van der Waals surface area contributed by atoms with Crippen molar-refractivity contribution < 1.29 is 0 Å². The lowest BCUT2D eigenvalue weighted by atomic mass is 10.1. The molecule has 1 aromatic rings. The van der Waals surface area contributed by atoms with E-state index in [-0.39, 0.29) is 0 Å². The summed E-state index contributed by atoms with van der Waals surface area (Å²) in [5, 5.41) is 0. The monoisotopic (exact) mass is 283 g/mol. The number of nitrogens with zero attached hydrogens (tertiary/aromatic N) is 2. The number of aryl methyl sites for hydroxylation is 2. The third-order valence-electron chi connectivity index (χ3n) is 3.00. The van der Waals surface area contributed by atoms with E-state index in [4.69, 9.17) is 18.0 Å². The number of thioether (sulfide) groups is 1. The molecule has 18 heavy (non-hydrogen) atoms. The molecule has 1 atom stereocenters. The Balaban J connectivity index is 3.25. The van der Waals surface area contributed by atoms with E-state index in [1.807, 2.05) is 25.6 Å². The zero-order valence-corrected chi connectivity index (χ0v) is 13.3. The maximum atomic E-state index is 5.84. The summed E-state index contributed by atoms with van der Waals surface area (Å²) in [5.41, 5.74) is 9.70. The highest BCUT2D eigenvalue weighted by molar-refractivity contribution is 7.98. The smallest absolute Gasteiger partial charge is 0.107 e. The van der Waals surface area contributed by atoms with E-state index in [9.17, 15) is 0 Å². The van der Waals surface area contributed by atoms with Crippen molar-refractivity contribution in [2.45, 2.75) is 26.8 Å². The molecule has 1 aromatic heterocycles. The summed E-state index contributed by atoms with van der Waals surface area (Å²) in [5.74, 6) is 1.06. The molecule has 0 aliphatic heterocycles. The summed E-state index contributed by atoms with van der Waals surface area (Å²) in [4.78, 5) is 7.09. The van der Waals surface area contributed by atoms with Gasteiger partial charge in [0.2, 0.25) is 0 Å². The van der Waals surface area contributed by atoms with Crippen LogP contribution in [0.4, 0.5) is 5.69 Å². The lowest BCUT2D eigenvalue weighted by molar-refractivity contribution is 0.762. The number of anilines is 1. The highest BCUT2D eigenvalue weighted by Gasteiger charge is 2.17. The Morgan fingerprint density at radius 2 is 2.17 bits per heavy atom. The first-order valence-corrected chi connectivity index (χ1v) is 7.68. The van der Waals surface area contributed by atoms with Crippen molar-refractivity contribution in [1.29, 1.82) is 0 Å². The molecular weight excluding hydrogens is 262 g/mol. The predicted octanol–water partition coefficient (Wildman–Crippen LogP) is 2.52. The largest absolute Gasteiger partial charge is 0.389 e. The SMILES string of the molecule is CSCC(C)N(C)c1cc(C)nc(C)c1C(N)=S. The molecule has 1 heterocycles. The summed E-state index contributed by atoms with van der Waals surface area (Å²) < 4.78 is 0. The number of aromatic nitrogens is 1. The first kappa shape index (κ1) is 15.2. The molecule has 100 valence electrons. The van der Waals surface area contributed by atoms with Crippen molar-refractivity contribution in [3.8, 4) is 0 Å². The van der Waals surface area contributed by atoms with Crippen LogP contribution in [0.3, 0.4) is 0 Å². The topological polar surface area (TPSA) is 42.2 Å². The van der Waals surface area contributed by atoms with Gasteiger partial charge in [0.1, 0.15) is 4.99 Å². The van der Waals surface area contributed by atoms with Crippen LogP contribution in [0.1, 0.15) is 23.9 Å². The van der Waals surface area contributed by atoms with Crippen molar-refractivity contribution in [2.24, 2.45) is 5.73 Å². The van der Waals surface area contributed by atoms with Crippen LogP contribution in [-0.4, -0.2) is 35.1 Å². The van der Waals surface area contributed by atoms with Crippen LogP contribution in [-0.2, 0) is 0 Å². The molecule has 0 aliphatic carbocycles. The van der Waals surface area contributed by atoms with Crippen molar-refractivity contribution in [1.82, 2.24) is 4.98 Å². The molecule has 3 nitrogen and oxygen atoms in total. The van der Waals surface area contributed by atoms with E-state index in [0.717, 1.165) is 28.4 Å². The van der Waals surface area contributed by atoms with Gasteiger partial charge in [-0.2, -0.15) is 11.8 Å². The van der Waals surface area contributed by atoms with Gasteiger partial charge in [0.15, 0.2) is 0 Å². The number of pyridine rings is 1. The first-order chi connectivity index (χ1) is 8.38. The summed E-state index contributed by atoms with van der Waals surface area (Å²) in [6, 6.07) is 2.48. The number of rotatable bonds is 5. The van der Waals surface area contributed by atoms with Gasteiger partial charge in [-0.05, 0) is 33.1 Å². The Kier molecular flexibility index (Phi) is 5.41. The molecule has 5 heteroatoms. The minimum absolute atomic E-state index is 0.415. The first-order valence-electron chi connectivity index (χ1n) is 5.88. The average Bonchev–Trinajstić information content (AvgIpc) is 2.26. The lowest BCUT2D eigenvalue weighted by Crippen LogP contribution is -2.33. The fourth-order valence-corrected chi connectivity index (χ4v) is 2.94. The van der Waals surface area contributed by atoms with Crippen LogP contribution in [0.15, 0.2) is 6.07 Å². The van der Waals surface area contributed by atoms with Crippen LogP contribution in [0.5, 0.6) is 0 Å². The minimum Gasteiger partial charge on any atom is -0.389 e. The molecular formula is C13H21N3S2. The molecule has 0 bridgehead atoms. The molecule has 0 spiro atoms. The second kappa shape index (κ2) is 6.38. The van der Waals surface area contributed by atoms with E-state index in [2.05, 4.69) is 36.2 Å². The van der Waals surface area contributed by atoms with Crippen LogP contribution in [0, 0.1) is 13.8 Å². The van der Waals surface area contributed by atoms with Crippen LogP contribution in [0.2, 0.25) is 0 Å². The highest BCUT2D eigenvalue weighted by Crippen LogP contribution is 2.25. The number of hydrogen-bond acceptors (Lipinski definition) is 4. The summed E-state index contributed by atoms with van der Waals surface area (Å²) in [6.07, 6.45) is 2.11. The van der Waals surface area contributed by atoms with Crippen molar-refractivity contribution in [2.75, 3.05) is 24.0 Å². The average molecular weight is 283 g/mol. The van der Waals surface area contributed by atoms with Gasteiger partial charge in [0, 0.05) is 30.2 Å². The van der Waals surface area contributed by atoms with Crippen molar-refractivity contribution >= 4 is 34.7 Å². The van der Waals surface area contributed by atoms with Gasteiger partial charge in [-0.25, -0.2) is 0 Å². The fraction of sp³-hybridized carbons (Fsp3) is 0.538. The van der Waals surface area contributed by atoms with Crippen LogP contribution in [0.25, 0.3) is 0 Å². The normalized spacial score (nSPS) is 12.3. The van der Waals surface area contributed by atoms with E-state index in [1.165, 1.54) is 0 Å². The fourth-order valence-electron chi connectivity index (χ4n) is 1.98. The lowest BCUT2D eigenvalue weighted by Gasteiger charge is -2.29. The summed E-state index contributed by atoms with van der Waals surface area (Å²) in [6.45, 7) is 6.15. The number of thiocarbonyl (C=S) groups is 1. The Hall–Kier alpha value is -0.810. The quantitative estimate of drug-likeness (QED) is 0.841. The van der Waals surface area contributed by atoms with Gasteiger partial charge in [-0.1, -0.05) is 12.2 Å². The zero-order chi connectivity index (χ0) is 13.9. The Labute approximate surface area is 119 Å². The van der Waals surface area contributed by atoms with Gasteiger partial charge < -0.3 is 10.6 Å². The third-order valence-corrected chi connectivity index (χ3v) is 4.02. The van der Waals surface area contributed by atoms with Gasteiger partial charge >= 0.3 is 0 Å². The van der Waals surface area contributed by atoms with Gasteiger partial charge in [0.25, 0.3) is 0 Å². The molecule has 1 rings (SSSR count). The second-order valence-electron chi connectivity index (χ2n) is 4.52. The maximum absolute atomic E-state index is 5.84. The Bertz CT molecular complexity index is 446. The Morgan fingerprint density at radius 3 is 2.67 bits per heavy atom. The van der Waals surface area contributed by atoms with E-state index < -0.39 is 0 Å². The van der Waals surface area contributed by atoms with Crippen LogP contribution >= 0.6 is 24.0 Å².